The highest BCUT2D eigenvalue weighted by Crippen LogP contribution is 2.39. The number of piperidine rings is 1. The van der Waals surface area contributed by atoms with Gasteiger partial charge in [-0.3, -0.25) is 9.69 Å². The van der Waals surface area contributed by atoms with E-state index in [9.17, 15) is 9.59 Å². The second-order valence-corrected chi connectivity index (χ2v) is 6.79. The van der Waals surface area contributed by atoms with Crippen LogP contribution in [0.15, 0.2) is 18.3 Å². The number of urea groups is 1. The van der Waals surface area contributed by atoms with Gasteiger partial charge in [0.25, 0.3) is 5.91 Å². The third kappa shape index (κ3) is 2.09. The number of nitrogens with zero attached hydrogens (tertiary/aromatic N) is 5. The number of fused-ring (bicyclic) bond motifs is 1. The van der Waals surface area contributed by atoms with Crippen LogP contribution in [0.4, 0.5) is 10.6 Å². The Labute approximate surface area is 135 Å². The van der Waals surface area contributed by atoms with E-state index < -0.39 is 5.54 Å². The zero-order chi connectivity index (χ0) is 16.0. The lowest BCUT2D eigenvalue weighted by molar-refractivity contribution is -0.133. The van der Waals surface area contributed by atoms with E-state index in [1.807, 2.05) is 19.1 Å². The van der Waals surface area contributed by atoms with Gasteiger partial charge in [-0.15, -0.1) is 5.10 Å². The van der Waals surface area contributed by atoms with Crippen molar-refractivity contribution in [1.82, 2.24) is 20.0 Å². The Bertz CT molecular complexity index is 629. The molecule has 3 aliphatic heterocycles. The van der Waals surface area contributed by atoms with Gasteiger partial charge < -0.3 is 9.80 Å². The predicted molar refractivity (Wildman–Crippen MR) is 83.9 cm³/mol. The predicted octanol–water partition coefficient (Wildman–Crippen LogP) is 1.26. The molecule has 3 fully saturated rings. The first kappa shape index (κ1) is 14.4. The van der Waals surface area contributed by atoms with Crippen LogP contribution in [0, 0.1) is 0 Å². The molecule has 0 N–H and O–H groups in total. The molecule has 7 nitrogen and oxygen atoms in total. The molecule has 7 heteroatoms. The molecule has 23 heavy (non-hydrogen) atoms. The van der Waals surface area contributed by atoms with Crippen LogP contribution in [0.25, 0.3) is 0 Å². The van der Waals surface area contributed by atoms with E-state index in [1.54, 1.807) is 11.1 Å². The normalized spacial score (nSPS) is 28.7. The van der Waals surface area contributed by atoms with E-state index in [0.29, 0.717) is 6.54 Å². The molecule has 0 unspecified atom stereocenters. The summed E-state index contributed by atoms with van der Waals surface area (Å²) in [5.74, 6) is 0.857. The quantitative estimate of drug-likeness (QED) is 0.769. The lowest BCUT2D eigenvalue weighted by Crippen LogP contribution is -2.49. The van der Waals surface area contributed by atoms with Crippen molar-refractivity contribution in [2.24, 2.45) is 0 Å². The third-order valence-corrected chi connectivity index (χ3v) is 5.47. The number of rotatable bonds is 2. The summed E-state index contributed by atoms with van der Waals surface area (Å²) in [6.07, 6.45) is 4.95. The molecule has 0 saturated carbocycles. The Morgan fingerprint density at radius 3 is 2.65 bits per heavy atom. The van der Waals surface area contributed by atoms with Crippen LogP contribution in [0.3, 0.4) is 0 Å². The molecule has 3 amide bonds. The van der Waals surface area contributed by atoms with E-state index in [-0.39, 0.29) is 18.0 Å². The van der Waals surface area contributed by atoms with Crippen molar-refractivity contribution in [3.05, 3.63) is 18.3 Å². The molecule has 0 aromatic carbocycles. The Morgan fingerprint density at radius 2 is 2.00 bits per heavy atom. The minimum absolute atomic E-state index is 0.00190. The highest BCUT2D eigenvalue weighted by molar-refractivity contribution is 6.07. The van der Waals surface area contributed by atoms with E-state index in [4.69, 9.17) is 0 Å². The summed E-state index contributed by atoms with van der Waals surface area (Å²) in [6, 6.07) is 3.73. The van der Waals surface area contributed by atoms with Gasteiger partial charge in [-0.1, -0.05) is 0 Å². The van der Waals surface area contributed by atoms with Gasteiger partial charge in [0.2, 0.25) is 0 Å². The second kappa shape index (κ2) is 5.18. The van der Waals surface area contributed by atoms with Crippen molar-refractivity contribution in [3.63, 3.8) is 0 Å². The summed E-state index contributed by atoms with van der Waals surface area (Å²) < 4.78 is 0. The first-order valence-corrected chi connectivity index (χ1v) is 8.29. The molecule has 1 aromatic heterocycles. The van der Waals surface area contributed by atoms with Gasteiger partial charge >= 0.3 is 6.03 Å². The molecule has 0 aliphatic carbocycles. The number of hydrogen-bond acceptors (Lipinski definition) is 5. The second-order valence-electron chi connectivity index (χ2n) is 6.79. The molecular formula is C16H21N5O2. The number of amides is 3. The maximum Gasteiger partial charge on any atom is 0.327 e. The van der Waals surface area contributed by atoms with Gasteiger partial charge in [0.1, 0.15) is 5.54 Å². The van der Waals surface area contributed by atoms with Gasteiger partial charge in [0.15, 0.2) is 5.82 Å². The average Bonchev–Trinajstić information content (AvgIpc) is 3.06. The van der Waals surface area contributed by atoms with Gasteiger partial charge in [0, 0.05) is 31.9 Å². The Kier molecular flexibility index (Phi) is 3.25. The largest absolute Gasteiger partial charge is 0.355 e. The maximum absolute atomic E-state index is 12.8. The summed E-state index contributed by atoms with van der Waals surface area (Å²) in [7, 11) is 0. The SMILES string of the molecule is C[C@@]12CCCN1C(=O)N(C1CCN(c3cccnn3)CC1)C2=O. The number of hydrogen-bond donors (Lipinski definition) is 0. The zero-order valence-corrected chi connectivity index (χ0v) is 13.3. The highest BCUT2D eigenvalue weighted by Gasteiger charge is 2.58. The summed E-state index contributed by atoms with van der Waals surface area (Å²) in [5, 5.41) is 8.04. The number of anilines is 1. The third-order valence-electron chi connectivity index (χ3n) is 5.47. The summed E-state index contributed by atoms with van der Waals surface area (Å²) in [6.45, 7) is 4.19. The van der Waals surface area contributed by atoms with Gasteiger partial charge in [0.05, 0.1) is 0 Å². The van der Waals surface area contributed by atoms with E-state index in [0.717, 1.165) is 44.6 Å². The van der Waals surface area contributed by atoms with Gasteiger partial charge in [-0.2, -0.15) is 5.10 Å². The Morgan fingerprint density at radius 1 is 1.22 bits per heavy atom. The van der Waals surface area contributed by atoms with Gasteiger partial charge in [-0.25, -0.2) is 4.79 Å². The lowest BCUT2D eigenvalue weighted by Gasteiger charge is -2.36. The summed E-state index contributed by atoms with van der Waals surface area (Å²) >= 11 is 0. The van der Waals surface area contributed by atoms with Crippen molar-refractivity contribution < 1.29 is 9.59 Å². The fourth-order valence-electron chi connectivity index (χ4n) is 4.11. The number of aromatic nitrogens is 2. The molecule has 1 aromatic rings. The summed E-state index contributed by atoms with van der Waals surface area (Å²) in [5.41, 5.74) is -0.598. The Balaban J connectivity index is 1.47. The topological polar surface area (TPSA) is 69.6 Å². The first-order chi connectivity index (χ1) is 11.1. The van der Waals surface area contributed by atoms with Crippen LogP contribution in [0.5, 0.6) is 0 Å². The van der Waals surface area contributed by atoms with Gasteiger partial charge in [-0.05, 0) is 44.7 Å². The van der Waals surface area contributed by atoms with Crippen molar-refractivity contribution >= 4 is 17.8 Å². The van der Waals surface area contributed by atoms with Crippen molar-refractivity contribution in [3.8, 4) is 0 Å². The van der Waals surface area contributed by atoms with E-state index in [1.165, 1.54) is 4.90 Å². The van der Waals surface area contributed by atoms with Crippen LogP contribution < -0.4 is 4.90 Å². The minimum Gasteiger partial charge on any atom is -0.355 e. The maximum atomic E-state index is 12.8. The minimum atomic E-state index is -0.598. The van der Waals surface area contributed by atoms with E-state index in [2.05, 4.69) is 15.1 Å². The molecule has 3 aliphatic rings. The van der Waals surface area contributed by atoms with Crippen molar-refractivity contribution in [1.29, 1.82) is 0 Å². The molecule has 3 saturated heterocycles. The fraction of sp³-hybridized carbons (Fsp3) is 0.625. The zero-order valence-electron chi connectivity index (χ0n) is 13.3. The first-order valence-electron chi connectivity index (χ1n) is 8.29. The monoisotopic (exact) mass is 315 g/mol. The molecule has 4 rings (SSSR count). The smallest absolute Gasteiger partial charge is 0.327 e. The standard InChI is InChI=1S/C16H21N5O2/c1-16-7-3-9-20(16)15(23)21(14(16)22)12-5-10-19(11-6-12)13-4-2-8-17-18-13/h2,4,8,12H,3,5-7,9-11H2,1H3/t16-/m0/s1. The molecule has 122 valence electrons. The van der Waals surface area contributed by atoms with Crippen LogP contribution in [-0.4, -0.2) is 63.2 Å². The van der Waals surface area contributed by atoms with Crippen LogP contribution >= 0.6 is 0 Å². The Hall–Kier alpha value is -2.18. The van der Waals surface area contributed by atoms with Crippen molar-refractivity contribution in [2.75, 3.05) is 24.5 Å². The lowest BCUT2D eigenvalue weighted by atomic mass is 9.97. The number of carbonyl (C=O) groups excluding carboxylic acids is 2. The fourth-order valence-corrected chi connectivity index (χ4v) is 4.11. The van der Waals surface area contributed by atoms with Crippen LogP contribution in [-0.2, 0) is 4.79 Å². The number of carbonyl (C=O) groups is 2. The molecule has 0 radical (unpaired) electrons. The summed E-state index contributed by atoms with van der Waals surface area (Å²) in [4.78, 5) is 30.9. The molecule has 4 heterocycles. The highest BCUT2D eigenvalue weighted by atomic mass is 16.2. The van der Waals surface area contributed by atoms with Crippen LogP contribution in [0.2, 0.25) is 0 Å². The molecule has 0 bridgehead atoms. The van der Waals surface area contributed by atoms with Crippen molar-refractivity contribution in [2.45, 2.75) is 44.2 Å². The molecule has 1 atom stereocenters. The molecular weight excluding hydrogens is 294 g/mol. The molecule has 0 spiro atoms. The van der Waals surface area contributed by atoms with E-state index >= 15 is 0 Å². The van der Waals surface area contributed by atoms with Crippen LogP contribution in [0.1, 0.15) is 32.6 Å². The number of imide groups is 1. The average molecular weight is 315 g/mol.